The fraction of sp³-hybridized carbons (Fsp3) is 0.500. The number of hydrogen-bond acceptors (Lipinski definition) is 2. The summed E-state index contributed by atoms with van der Waals surface area (Å²) in [5.74, 6) is 0.152. The van der Waals surface area contributed by atoms with Gasteiger partial charge in [-0.05, 0) is 24.3 Å². The maximum absolute atomic E-state index is 11.3. The van der Waals surface area contributed by atoms with E-state index in [9.17, 15) is 4.79 Å². The number of carbonyl (C=O) groups excluding carboxylic acids is 1. The molecule has 0 radical (unpaired) electrons. The van der Waals surface area contributed by atoms with E-state index in [4.69, 9.17) is 0 Å². The summed E-state index contributed by atoms with van der Waals surface area (Å²) in [5, 5.41) is 5.90. The summed E-state index contributed by atoms with van der Waals surface area (Å²) in [6.07, 6.45) is 2.66. The van der Waals surface area contributed by atoms with Crippen LogP contribution in [0.3, 0.4) is 0 Å². The van der Waals surface area contributed by atoms with Crippen molar-refractivity contribution in [2.45, 2.75) is 25.8 Å². The number of hydrogen-bond donors (Lipinski definition) is 1. The first-order chi connectivity index (χ1) is 6.83. The summed E-state index contributed by atoms with van der Waals surface area (Å²) >= 11 is 5.01. The second-order valence-electron chi connectivity index (χ2n) is 3.00. The van der Waals surface area contributed by atoms with Gasteiger partial charge < -0.3 is 5.32 Å². The van der Waals surface area contributed by atoms with Crippen molar-refractivity contribution < 1.29 is 4.79 Å². The molecular formula is C10H14BrNOS. The monoisotopic (exact) mass is 275 g/mol. The number of carbonyl (C=O) groups is 1. The Hall–Kier alpha value is -0.350. The third kappa shape index (κ3) is 4.77. The van der Waals surface area contributed by atoms with Crippen LogP contribution < -0.4 is 5.32 Å². The van der Waals surface area contributed by atoms with E-state index in [1.807, 2.05) is 17.5 Å². The van der Waals surface area contributed by atoms with Crippen LogP contribution in [0.4, 0.5) is 0 Å². The molecule has 0 unspecified atom stereocenters. The molecule has 0 fully saturated rings. The van der Waals surface area contributed by atoms with Crippen molar-refractivity contribution >= 4 is 33.2 Å². The number of alkyl halides is 1. The number of thiophene rings is 1. The highest BCUT2D eigenvalue weighted by Crippen LogP contribution is 2.07. The van der Waals surface area contributed by atoms with Gasteiger partial charge in [0.05, 0.1) is 6.54 Å². The van der Waals surface area contributed by atoms with Gasteiger partial charge in [-0.1, -0.05) is 22.0 Å². The molecule has 0 aliphatic heterocycles. The Labute approximate surface area is 96.8 Å². The number of unbranched alkanes of at least 4 members (excludes halogenated alkanes) is 1. The summed E-state index contributed by atoms with van der Waals surface area (Å²) in [7, 11) is 0. The van der Waals surface area contributed by atoms with Crippen molar-refractivity contribution in [1.82, 2.24) is 5.32 Å². The van der Waals surface area contributed by atoms with Crippen molar-refractivity contribution in [3.63, 3.8) is 0 Å². The van der Waals surface area contributed by atoms with E-state index in [0.717, 1.165) is 18.2 Å². The highest BCUT2D eigenvalue weighted by molar-refractivity contribution is 9.09. The first kappa shape index (κ1) is 11.7. The van der Waals surface area contributed by atoms with Gasteiger partial charge in [0.15, 0.2) is 0 Å². The molecule has 78 valence electrons. The minimum Gasteiger partial charge on any atom is -0.351 e. The third-order valence-corrected chi connectivity index (χ3v) is 3.26. The molecule has 0 saturated carbocycles. The number of halogens is 1. The Balaban J connectivity index is 2.09. The smallest absolute Gasteiger partial charge is 0.220 e. The predicted molar refractivity (Wildman–Crippen MR) is 63.8 cm³/mol. The summed E-state index contributed by atoms with van der Waals surface area (Å²) < 4.78 is 0. The highest BCUT2D eigenvalue weighted by Gasteiger charge is 2.00. The van der Waals surface area contributed by atoms with Crippen molar-refractivity contribution in [3.05, 3.63) is 22.4 Å². The highest BCUT2D eigenvalue weighted by atomic mass is 79.9. The molecule has 0 bridgehead atoms. The average molecular weight is 276 g/mol. The zero-order valence-corrected chi connectivity index (χ0v) is 10.4. The van der Waals surface area contributed by atoms with Gasteiger partial charge in [-0.15, -0.1) is 11.3 Å². The Morgan fingerprint density at radius 1 is 1.50 bits per heavy atom. The van der Waals surface area contributed by atoms with Crippen molar-refractivity contribution in [1.29, 1.82) is 0 Å². The van der Waals surface area contributed by atoms with E-state index in [-0.39, 0.29) is 5.91 Å². The van der Waals surface area contributed by atoms with Crippen LogP contribution in [0.1, 0.15) is 24.1 Å². The van der Waals surface area contributed by atoms with Crippen LogP contribution >= 0.6 is 27.3 Å². The molecular weight excluding hydrogens is 262 g/mol. The lowest BCUT2D eigenvalue weighted by Crippen LogP contribution is -2.21. The number of nitrogens with one attached hydrogen (secondary N) is 1. The summed E-state index contributed by atoms with van der Waals surface area (Å²) in [6, 6.07) is 4.03. The fourth-order valence-corrected chi connectivity index (χ4v) is 2.11. The van der Waals surface area contributed by atoms with E-state index < -0.39 is 0 Å². The normalized spacial score (nSPS) is 10.1. The Morgan fingerprint density at radius 3 is 3.00 bits per heavy atom. The molecule has 1 heterocycles. The van der Waals surface area contributed by atoms with E-state index in [1.54, 1.807) is 11.3 Å². The van der Waals surface area contributed by atoms with Crippen molar-refractivity contribution in [3.8, 4) is 0 Å². The van der Waals surface area contributed by atoms with Crippen LogP contribution in [-0.4, -0.2) is 11.2 Å². The molecule has 1 amide bonds. The molecule has 1 N–H and O–H groups in total. The lowest BCUT2D eigenvalue weighted by molar-refractivity contribution is -0.121. The van der Waals surface area contributed by atoms with Gasteiger partial charge in [0.1, 0.15) is 0 Å². The molecule has 0 saturated heterocycles. The first-order valence-corrected chi connectivity index (χ1v) is 6.68. The molecule has 1 aromatic rings. The number of amides is 1. The molecule has 0 atom stereocenters. The van der Waals surface area contributed by atoms with Gasteiger partial charge in [-0.25, -0.2) is 0 Å². The van der Waals surface area contributed by atoms with Crippen LogP contribution in [0.5, 0.6) is 0 Å². The van der Waals surface area contributed by atoms with Gasteiger partial charge in [-0.2, -0.15) is 0 Å². The SMILES string of the molecule is O=C(CCCCBr)NCc1cccs1. The maximum Gasteiger partial charge on any atom is 0.220 e. The Kier molecular flexibility index (Phi) is 5.87. The molecule has 1 aromatic heterocycles. The molecule has 2 nitrogen and oxygen atoms in total. The topological polar surface area (TPSA) is 29.1 Å². The molecule has 0 aromatic carbocycles. The molecule has 0 spiro atoms. The van der Waals surface area contributed by atoms with Gasteiger partial charge in [-0.3, -0.25) is 4.79 Å². The van der Waals surface area contributed by atoms with Gasteiger partial charge in [0.25, 0.3) is 0 Å². The minimum atomic E-state index is 0.152. The second-order valence-corrected chi connectivity index (χ2v) is 4.83. The van der Waals surface area contributed by atoms with E-state index in [2.05, 4.69) is 21.2 Å². The van der Waals surface area contributed by atoms with E-state index >= 15 is 0 Å². The van der Waals surface area contributed by atoms with Crippen LogP contribution in [0.2, 0.25) is 0 Å². The second kappa shape index (κ2) is 7.01. The Morgan fingerprint density at radius 2 is 2.36 bits per heavy atom. The molecule has 14 heavy (non-hydrogen) atoms. The van der Waals surface area contributed by atoms with E-state index in [0.29, 0.717) is 13.0 Å². The van der Waals surface area contributed by atoms with E-state index in [1.165, 1.54) is 4.88 Å². The first-order valence-electron chi connectivity index (χ1n) is 4.68. The quantitative estimate of drug-likeness (QED) is 0.628. The predicted octanol–water partition coefficient (Wildman–Crippen LogP) is 2.93. The zero-order chi connectivity index (χ0) is 10.2. The lowest BCUT2D eigenvalue weighted by atomic mass is 10.2. The standard InChI is InChI=1S/C10H14BrNOS/c11-6-2-1-5-10(13)12-8-9-4-3-7-14-9/h3-4,7H,1-2,5-6,8H2,(H,12,13). The largest absolute Gasteiger partial charge is 0.351 e. The molecule has 1 rings (SSSR count). The fourth-order valence-electron chi connectivity index (χ4n) is 1.07. The summed E-state index contributed by atoms with van der Waals surface area (Å²) in [5.41, 5.74) is 0. The molecule has 0 aliphatic carbocycles. The zero-order valence-electron chi connectivity index (χ0n) is 7.96. The summed E-state index contributed by atoms with van der Waals surface area (Å²) in [4.78, 5) is 12.5. The van der Waals surface area contributed by atoms with Gasteiger partial charge in [0.2, 0.25) is 5.91 Å². The van der Waals surface area contributed by atoms with Crippen molar-refractivity contribution in [2.75, 3.05) is 5.33 Å². The van der Waals surface area contributed by atoms with Crippen LogP contribution in [-0.2, 0) is 11.3 Å². The Bertz CT molecular complexity index is 261. The van der Waals surface area contributed by atoms with Gasteiger partial charge in [0, 0.05) is 16.6 Å². The van der Waals surface area contributed by atoms with Crippen LogP contribution in [0.15, 0.2) is 17.5 Å². The lowest BCUT2D eigenvalue weighted by Gasteiger charge is -2.02. The average Bonchev–Trinajstić information content (AvgIpc) is 2.68. The van der Waals surface area contributed by atoms with Gasteiger partial charge >= 0.3 is 0 Å². The minimum absolute atomic E-state index is 0.152. The number of rotatable bonds is 6. The third-order valence-electron chi connectivity index (χ3n) is 1.83. The van der Waals surface area contributed by atoms with Crippen LogP contribution in [0.25, 0.3) is 0 Å². The molecule has 0 aliphatic rings. The maximum atomic E-state index is 11.3. The van der Waals surface area contributed by atoms with Crippen molar-refractivity contribution in [2.24, 2.45) is 0 Å². The van der Waals surface area contributed by atoms with Crippen LogP contribution in [0, 0.1) is 0 Å². The summed E-state index contributed by atoms with van der Waals surface area (Å²) in [6.45, 7) is 0.671. The molecule has 4 heteroatoms.